The maximum atomic E-state index is 11.9. The van der Waals surface area contributed by atoms with Crippen LogP contribution in [-0.2, 0) is 22.7 Å². The predicted octanol–water partition coefficient (Wildman–Crippen LogP) is 1.93. The van der Waals surface area contributed by atoms with Crippen molar-refractivity contribution >= 4 is 17.7 Å². The number of nitrogens with one attached hydrogen (secondary N) is 2. The van der Waals surface area contributed by atoms with Gasteiger partial charge in [0.25, 0.3) is 0 Å². The molecule has 1 aromatic rings. The average Bonchev–Trinajstić information content (AvgIpc) is 2.53. The Morgan fingerprint density at radius 1 is 1.38 bits per heavy atom. The van der Waals surface area contributed by atoms with Gasteiger partial charge >= 0.3 is 0 Å². The van der Waals surface area contributed by atoms with Crippen molar-refractivity contribution in [2.75, 3.05) is 24.7 Å². The second-order valence-corrected chi connectivity index (χ2v) is 6.31. The van der Waals surface area contributed by atoms with Crippen LogP contribution in [0.5, 0.6) is 0 Å². The van der Waals surface area contributed by atoms with E-state index in [-0.39, 0.29) is 5.91 Å². The van der Waals surface area contributed by atoms with E-state index in [4.69, 9.17) is 4.74 Å². The first-order valence-electron chi connectivity index (χ1n) is 7.51. The van der Waals surface area contributed by atoms with Gasteiger partial charge in [-0.1, -0.05) is 24.3 Å². The van der Waals surface area contributed by atoms with Gasteiger partial charge in [-0.2, -0.15) is 11.8 Å². The molecule has 5 heteroatoms. The molecule has 1 fully saturated rings. The van der Waals surface area contributed by atoms with E-state index in [1.54, 1.807) is 0 Å². The summed E-state index contributed by atoms with van der Waals surface area (Å²) in [6.07, 6.45) is 0.565. The van der Waals surface area contributed by atoms with Crippen LogP contribution >= 0.6 is 11.8 Å². The zero-order valence-electron chi connectivity index (χ0n) is 12.6. The summed E-state index contributed by atoms with van der Waals surface area (Å²) in [5.41, 5.74) is 2.28. The monoisotopic (exact) mass is 308 g/mol. The molecule has 1 amide bonds. The van der Waals surface area contributed by atoms with Crippen molar-refractivity contribution in [3.8, 4) is 0 Å². The van der Waals surface area contributed by atoms with Crippen LogP contribution in [0.2, 0.25) is 0 Å². The van der Waals surface area contributed by atoms with Gasteiger partial charge in [-0.25, -0.2) is 0 Å². The Bertz CT molecular complexity index is 430. The largest absolute Gasteiger partial charge is 0.377 e. The van der Waals surface area contributed by atoms with Crippen molar-refractivity contribution in [1.82, 2.24) is 10.6 Å². The molecule has 1 unspecified atom stereocenters. The molecule has 2 rings (SSSR count). The molecule has 0 aliphatic carbocycles. The van der Waals surface area contributed by atoms with Crippen LogP contribution < -0.4 is 10.6 Å². The van der Waals surface area contributed by atoms with Gasteiger partial charge in [0.05, 0.1) is 6.61 Å². The standard InChI is InChI=1S/C16H24N2O2S/c1-2-20-11-14-5-3-13(4-6-14)10-18-16(19)9-15-12-21-8-7-17-15/h3-6,15,17H,2,7-12H2,1H3,(H,18,19). The molecule has 0 spiro atoms. The fourth-order valence-electron chi connectivity index (χ4n) is 2.22. The van der Waals surface area contributed by atoms with E-state index in [0.29, 0.717) is 25.6 Å². The minimum Gasteiger partial charge on any atom is -0.377 e. The number of carbonyl (C=O) groups is 1. The van der Waals surface area contributed by atoms with Crippen molar-refractivity contribution in [2.24, 2.45) is 0 Å². The Balaban J connectivity index is 1.70. The zero-order chi connectivity index (χ0) is 14.9. The summed E-state index contributed by atoms with van der Waals surface area (Å²) in [7, 11) is 0. The third kappa shape index (κ3) is 6.08. The Labute approximate surface area is 131 Å². The van der Waals surface area contributed by atoms with E-state index in [1.807, 2.05) is 30.8 Å². The van der Waals surface area contributed by atoms with E-state index in [1.165, 1.54) is 0 Å². The third-order valence-corrected chi connectivity index (χ3v) is 4.55. The highest BCUT2D eigenvalue weighted by atomic mass is 32.2. The molecule has 116 valence electrons. The molecular formula is C16H24N2O2S. The fourth-order valence-corrected chi connectivity index (χ4v) is 3.17. The SMILES string of the molecule is CCOCc1ccc(CNC(=O)CC2CSCCN2)cc1. The van der Waals surface area contributed by atoms with E-state index in [0.717, 1.165) is 35.8 Å². The number of hydrogen-bond donors (Lipinski definition) is 2. The molecule has 1 atom stereocenters. The molecule has 1 saturated heterocycles. The van der Waals surface area contributed by atoms with Crippen molar-refractivity contribution < 1.29 is 9.53 Å². The first kappa shape index (κ1) is 16.3. The van der Waals surface area contributed by atoms with Crippen LogP contribution in [0.25, 0.3) is 0 Å². The lowest BCUT2D eigenvalue weighted by Gasteiger charge is -2.22. The molecule has 1 aliphatic heterocycles. The molecular weight excluding hydrogens is 284 g/mol. The molecule has 1 aliphatic rings. The van der Waals surface area contributed by atoms with Crippen molar-refractivity contribution in [3.05, 3.63) is 35.4 Å². The summed E-state index contributed by atoms with van der Waals surface area (Å²) in [4.78, 5) is 11.9. The molecule has 0 bridgehead atoms. The normalized spacial score (nSPS) is 18.4. The number of rotatable bonds is 7. The van der Waals surface area contributed by atoms with Gasteiger partial charge in [0, 0.05) is 43.7 Å². The van der Waals surface area contributed by atoms with Crippen LogP contribution in [0.3, 0.4) is 0 Å². The van der Waals surface area contributed by atoms with Crippen molar-refractivity contribution in [2.45, 2.75) is 32.5 Å². The van der Waals surface area contributed by atoms with Gasteiger partial charge in [0.2, 0.25) is 5.91 Å². The van der Waals surface area contributed by atoms with E-state index >= 15 is 0 Å². The predicted molar refractivity (Wildman–Crippen MR) is 87.4 cm³/mol. The molecule has 21 heavy (non-hydrogen) atoms. The van der Waals surface area contributed by atoms with Crippen molar-refractivity contribution in [3.63, 3.8) is 0 Å². The van der Waals surface area contributed by atoms with Crippen LogP contribution in [-0.4, -0.2) is 36.6 Å². The molecule has 0 saturated carbocycles. The Morgan fingerprint density at radius 2 is 2.14 bits per heavy atom. The number of amides is 1. The smallest absolute Gasteiger partial charge is 0.221 e. The van der Waals surface area contributed by atoms with Gasteiger partial charge < -0.3 is 15.4 Å². The number of carbonyl (C=O) groups excluding carboxylic acids is 1. The number of hydrogen-bond acceptors (Lipinski definition) is 4. The molecule has 1 aromatic carbocycles. The Kier molecular flexibility index (Phi) is 7.06. The lowest BCUT2D eigenvalue weighted by atomic mass is 10.1. The number of thioether (sulfide) groups is 1. The van der Waals surface area contributed by atoms with Gasteiger partial charge in [0.15, 0.2) is 0 Å². The minimum atomic E-state index is 0.119. The summed E-state index contributed by atoms with van der Waals surface area (Å²) < 4.78 is 5.36. The molecule has 1 heterocycles. The summed E-state index contributed by atoms with van der Waals surface area (Å²) in [6, 6.07) is 8.51. The third-order valence-electron chi connectivity index (χ3n) is 3.42. The van der Waals surface area contributed by atoms with Crippen LogP contribution in [0.15, 0.2) is 24.3 Å². The first-order chi connectivity index (χ1) is 10.3. The summed E-state index contributed by atoms with van der Waals surface area (Å²) >= 11 is 1.91. The molecule has 0 aromatic heterocycles. The van der Waals surface area contributed by atoms with Crippen LogP contribution in [0.4, 0.5) is 0 Å². The summed E-state index contributed by atoms with van der Waals surface area (Å²) in [5.74, 6) is 2.29. The highest BCUT2D eigenvalue weighted by molar-refractivity contribution is 7.99. The summed E-state index contributed by atoms with van der Waals surface area (Å²) in [5, 5.41) is 6.37. The van der Waals surface area contributed by atoms with E-state index < -0.39 is 0 Å². The van der Waals surface area contributed by atoms with Crippen LogP contribution in [0.1, 0.15) is 24.5 Å². The first-order valence-corrected chi connectivity index (χ1v) is 8.66. The molecule has 0 radical (unpaired) electrons. The lowest BCUT2D eigenvalue weighted by molar-refractivity contribution is -0.121. The lowest BCUT2D eigenvalue weighted by Crippen LogP contribution is -2.41. The maximum Gasteiger partial charge on any atom is 0.221 e. The second-order valence-electron chi connectivity index (χ2n) is 5.16. The molecule has 2 N–H and O–H groups in total. The van der Waals surface area contributed by atoms with Gasteiger partial charge in [-0.3, -0.25) is 4.79 Å². The highest BCUT2D eigenvalue weighted by Crippen LogP contribution is 2.10. The number of benzene rings is 1. The quantitative estimate of drug-likeness (QED) is 0.808. The van der Waals surface area contributed by atoms with Gasteiger partial charge in [0.1, 0.15) is 0 Å². The van der Waals surface area contributed by atoms with E-state index in [9.17, 15) is 4.79 Å². The average molecular weight is 308 g/mol. The second kappa shape index (κ2) is 9.07. The Morgan fingerprint density at radius 3 is 2.81 bits per heavy atom. The topological polar surface area (TPSA) is 50.4 Å². The minimum absolute atomic E-state index is 0.119. The van der Waals surface area contributed by atoms with Crippen LogP contribution in [0, 0.1) is 0 Å². The molecule has 4 nitrogen and oxygen atoms in total. The summed E-state index contributed by atoms with van der Waals surface area (Å²) in [6.45, 7) is 4.96. The van der Waals surface area contributed by atoms with Gasteiger partial charge in [-0.05, 0) is 18.1 Å². The zero-order valence-corrected chi connectivity index (χ0v) is 13.4. The maximum absolute atomic E-state index is 11.9. The number of ether oxygens (including phenoxy) is 1. The Hall–Kier alpha value is -1.04. The van der Waals surface area contributed by atoms with Crippen molar-refractivity contribution in [1.29, 1.82) is 0 Å². The fraction of sp³-hybridized carbons (Fsp3) is 0.562. The van der Waals surface area contributed by atoms with Gasteiger partial charge in [-0.15, -0.1) is 0 Å². The van der Waals surface area contributed by atoms with E-state index in [2.05, 4.69) is 22.8 Å². The highest BCUT2D eigenvalue weighted by Gasteiger charge is 2.16.